The van der Waals surface area contributed by atoms with Gasteiger partial charge in [0, 0.05) is 0 Å². The van der Waals surface area contributed by atoms with Crippen LogP contribution in [0.15, 0.2) is 24.5 Å². The summed E-state index contributed by atoms with van der Waals surface area (Å²) in [4.78, 5) is 13.6. The minimum atomic E-state index is -4.14. The molecule has 0 saturated carbocycles. The van der Waals surface area contributed by atoms with Gasteiger partial charge in [-0.1, -0.05) is 6.07 Å². The summed E-state index contributed by atoms with van der Waals surface area (Å²) in [6.07, 6.45) is -2.00. The number of anilines is 1. The summed E-state index contributed by atoms with van der Waals surface area (Å²) in [5, 5.41) is 10.4. The molecule has 7 N–H and O–H groups in total. The van der Waals surface area contributed by atoms with Crippen molar-refractivity contribution in [3.63, 3.8) is 0 Å². The fraction of sp³-hybridized carbons (Fsp3) is 0.417. The van der Waals surface area contributed by atoms with E-state index in [4.69, 9.17) is 19.5 Å². The summed E-state index contributed by atoms with van der Waals surface area (Å²) in [6, 6.07) is 5.29. The average Bonchev–Trinajstić information content (AvgIpc) is 3.01. The van der Waals surface area contributed by atoms with Crippen LogP contribution in [0.2, 0.25) is 0 Å². The maximum Gasteiger partial charge on any atom is 0.472 e. The third kappa shape index (κ3) is 2.54. The quantitative estimate of drug-likeness (QED) is 0.427. The number of nitrogens with two attached hydrogens (primary N) is 1. The number of aliphatic hydroxyl groups excluding tert-OH is 1. The number of benzene rings is 1. The molecule has 2 aromatic rings. The van der Waals surface area contributed by atoms with Crippen molar-refractivity contribution < 1.29 is 28.3 Å². The predicted molar refractivity (Wildman–Crippen MR) is 79.7 cm³/mol. The number of rotatable bonds is 1. The molecule has 0 amide bonds. The SMILES string of the molecule is N.Nc1cccc2c1ncn2[C@@H]1O[C@@H]2COP(=O)(O)O[C@H]2[C@H]1O. The van der Waals surface area contributed by atoms with E-state index in [0.29, 0.717) is 16.7 Å². The van der Waals surface area contributed by atoms with Crippen molar-refractivity contribution in [2.24, 2.45) is 0 Å². The van der Waals surface area contributed by atoms with E-state index in [1.165, 1.54) is 6.33 Å². The normalized spacial score (nSPS) is 36.6. The van der Waals surface area contributed by atoms with E-state index in [2.05, 4.69) is 4.98 Å². The Kier molecular flexibility index (Phi) is 3.93. The van der Waals surface area contributed by atoms with Crippen LogP contribution in [0, 0.1) is 0 Å². The Labute approximate surface area is 131 Å². The Morgan fingerprint density at radius 2 is 2.22 bits per heavy atom. The molecule has 0 radical (unpaired) electrons. The number of imidazole rings is 1. The number of hydrogen-bond acceptors (Lipinski definition) is 8. The number of nitrogens with zero attached hydrogens (tertiary/aromatic N) is 2. The van der Waals surface area contributed by atoms with Crippen molar-refractivity contribution in [1.82, 2.24) is 15.7 Å². The van der Waals surface area contributed by atoms with Gasteiger partial charge in [-0.3, -0.25) is 9.05 Å². The molecule has 4 rings (SSSR count). The van der Waals surface area contributed by atoms with Crippen molar-refractivity contribution in [3.05, 3.63) is 24.5 Å². The molecule has 126 valence electrons. The molecule has 5 atom stereocenters. The van der Waals surface area contributed by atoms with Crippen molar-refractivity contribution in [2.75, 3.05) is 12.3 Å². The van der Waals surface area contributed by atoms with Gasteiger partial charge in [-0.25, -0.2) is 9.55 Å². The van der Waals surface area contributed by atoms with E-state index in [0.717, 1.165) is 0 Å². The average molecular weight is 344 g/mol. The van der Waals surface area contributed by atoms with E-state index < -0.39 is 32.4 Å². The number of hydrogen-bond donors (Lipinski definition) is 4. The monoisotopic (exact) mass is 344 g/mol. The molecular formula is C12H17N4O6P. The topological polar surface area (TPSA) is 164 Å². The van der Waals surface area contributed by atoms with E-state index in [-0.39, 0.29) is 12.8 Å². The fourth-order valence-corrected chi connectivity index (χ4v) is 3.81. The van der Waals surface area contributed by atoms with Gasteiger partial charge in [0.2, 0.25) is 0 Å². The van der Waals surface area contributed by atoms with Crippen LogP contribution in [0.3, 0.4) is 0 Å². The number of nitrogen functional groups attached to an aromatic ring is 1. The van der Waals surface area contributed by atoms with Crippen LogP contribution >= 0.6 is 7.82 Å². The lowest BCUT2D eigenvalue weighted by Crippen LogP contribution is -2.39. The highest BCUT2D eigenvalue weighted by molar-refractivity contribution is 7.47. The zero-order chi connectivity index (χ0) is 15.5. The van der Waals surface area contributed by atoms with Crippen molar-refractivity contribution >= 4 is 24.5 Å². The third-order valence-corrected chi connectivity index (χ3v) is 4.86. The Morgan fingerprint density at radius 1 is 1.43 bits per heavy atom. The van der Waals surface area contributed by atoms with Crippen molar-refractivity contribution in [2.45, 2.75) is 24.5 Å². The largest absolute Gasteiger partial charge is 0.472 e. The van der Waals surface area contributed by atoms with E-state index in [9.17, 15) is 14.6 Å². The van der Waals surface area contributed by atoms with Crippen LogP contribution in [-0.4, -0.2) is 44.5 Å². The molecule has 1 aromatic carbocycles. The molecule has 11 heteroatoms. The first-order valence-corrected chi connectivity index (χ1v) is 8.16. The van der Waals surface area contributed by atoms with Crippen molar-refractivity contribution in [3.8, 4) is 0 Å². The summed E-state index contributed by atoms with van der Waals surface area (Å²) in [6.45, 7) is -0.124. The molecule has 23 heavy (non-hydrogen) atoms. The Bertz CT molecular complexity index is 782. The van der Waals surface area contributed by atoms with Crippen LogP contribution in [-0.2, 0) is 18.3 Å². The molecule has 10 nitrogen and oxygen atoms in total. The summed E-state index contributed by atoms with van der Waals surface area (Å²) < 4.78 is 28.5. The maximum atomic E-state index is 11.5. The highest BCUT2D eigenvalue weighted by atomic mass is 31.2. The summed E-state index contributed by atoms with van der Waals surface area (Å²) in [5.74, 6) is 0. The molecule has 1 unspecified atom stereocenters. The molecule has 2 saturated heterocycles. The Balaban J connectivity index is 0.00000156. The zero-order valence-corrected chi connectivity index (χ0v) is 12.9. The van der Waals surface area contributed by atoms with Crippen LogP contribution in [0.5, 0.6) is 0 Å². The van der Waals surface area contributed by atoms with Crippen LogP contribution in [0.25, 0.3) is 11.0 Å². The van der Waals surface area contributed by atoms with E-state index in [1.54, 1.807) is 22.8 Å². The number of ether oxygens (including phenoxy) is 1. The van der Waals surface area contributed by atoms with Gasteiger partial charge in [-0.15, -0.1) is 0 Å². The Morgan fingerprint density at radius 3 is 3.00 bits per heavy atom. The first-order valence-electron chi connectivity index (χ1n) is 6.66. The molecule has 0 spiro atoms. The molecule has 0 bridgehead atoms. The van der Waals surface area contributed by atoms with Gasteiger partial charge in [-0.2, -0.15) is 0 Å². The van der Waals surface area contributed by atoms with Crippen LogP contribution in [0.4, 0.5) is 5.69 Å². The minimum Gasteiger partial charge on any atom is -0.397 e. The number of phosphoric acid groups is 1. The Hall–Kier alpha value is -1.52. The highest BCUT2D eigenvalue weighted by Crippen LogP contribution is 2.52. The first kappa shape index (κ1) is 16.3. The van der Waals surface area contributed by atoms with Gasteiger partial charge in [0.05, 0.1) is 24.1 Å². The maximum absolute atomic E-state index is 11.5. The molecule has 2 aliphatic rings. The molecule has 1 aromatic heterocycles. The number of fused-ring (bicyclic) bond motifs is 2. The lowest BCUT2D eigenvalue weighted by molar-refractivity contribution is -0.0663. The second-order valence-corrected chi connectivity index (χ2v) is 6.66. The summed E-state index contributed by atoms with van der Waals surface area (Å²) >= 11 is 0. The number of para-hydroxylation sites is 1. The second kappa shape index (κ2) is 5.53. The van der Waals surface area contributed by atoms with Gasteiger partial charge in [-0.05, 0) is 12.1 Å². The molecular weight excluding hydrogens is 327 g/mol. The molecule has 3 heterocycles. The lowest BCUT2D eigenvalue weighted by Gasteiger charge is -2.27. The fourth-order valence-electron chi connectivity index (χ4n) is 2.85. The first-order chi connectivity index (χ1) is 10.5. The standard InChI is InChI=1S/C12H14N3O6P.H3N/c13-6-2-1-3-7-9(6)14-5-15(7)12-10(16)11-8(20-12)4-19-22(17,18)21-11;/h1-3,5,8,10-12,16H,4,13H2,(H,17,18);1H3/t8-,10-,11-,12-;/m1./s1. The van der Waals surface area contributed by atoms with Crippen molar-refractivity contribution in [1.29, 1.82) is 0 Å². The lowest BCUT2D eigenvalue weighted by atomic mass is 10.1. The van der Waals surface area contributed by atoms with E-state index in [1.807, 2.05) is 0 Å². The van der Waals surface area contributed by atoms with Gasteiger partial charge in [0.1, 0.15) is 23.8 Å². The predicted octanol–water partition coefficient (Wildman–Crippen LogP) is 0.555. The molecule has 0 aliphatic carbocycles. The van der Waals surface area contributed by atoms with Crippen LogP contribution in [0.1, 0.15) is 6.23 Å². The highest BCUT2D eigenvalue weighted by Gasteiger charge is 2.52. The number of aromatic nitrogens is 2. The number of phosphoric ester groups is 1. The van der Waals surface area contributed by atoms with Crippen LogP contribution < -0.4 is 11.9 Å². The minimum absolute atomic E-state index is 0. The van der Waals surface area contributed by atoms with Gasteiger partial charge in [0.15, 0.2) is 6.23 Å². The number of aliphatic hydroxyl groups is 1. The molecule has 2 fully saturated rings. The van der Waals surface area contributed by atoms with E-state index >= 15 is 0 Å². The second-order valence-electron chi connectivity index (χ2n) is 5.26. The van der Waals surface area contributed by atoms with Gasteiger partial charge >= 0.3 is 7.82 Å². The zero-order valence-electron chi connectivity index (χ0n) is 12.0. The third-order valence-electron chi connectivity index (χ3n) is 3.88. The molecule has 2 aliphatic heterocycles. The van der Waals surface area contributed by atoms with Gasteiger partial charge in [0.25, 0.3) is 0 Å². The smallest absolute Gasteiger partial charge is 0.397 e. The van der Waals surface area contributed by atoms with Gasteiger partial charge < -0.3 is 31.2 Å². The summed E-state index contributed by atoms with van der Waals surface area (Å²) in [5.41, 5.74) is 7.66. The summed E-state index contributed by atoms with van der Waals surface area (Å²) in [7, 11) is -4.14.